The van der Waals surface area contributed by atoms with Crippen molar-refractivity contribution in [1.29, 1.82) is 0 Å². The SMILES string of the molecule is Cc1ccc(Nc2ccccc2Cl)cc1F. The maximum Gasteiger partial charge on any atom is 0.128 e. The van der Waals surface area contributed by atoms with Crippen LogP contribution in [0.1, 0.15) is 5.56 Å². The molecule has 1 N–H and O–H groups in total. The van der Waals surface area contributed by atoms with Gasteiger partial charge < -0.3 is 5.32 Å². The van der Waals surface area contributed by atoms with E-state index in [0.29, 0.717) is 16.3 Å². The van der Waals surface area contributed by atoms with Crippen LogP contribution >= 0.6 is 11.6 Å². The quantitative estimate of drug-likeness (QED) is 0.806. The van der Waals surface area contributed by atoms with Crippen molar-refractivity contribution in [3.8, 4) is 0 Å². The van der Waals surface area contributed by atoms with Crippen LogP contribution in [0.25, 0.3) is 0 Å². The number of benzene rings is 2. The normalized spacial score (nSPS) is 10.2. The first-order valence-corrected chi connectivity index (χ1v) is 5.32. The van der Waals surface area contributed by atoms with Gasteiger partial charge in [0.05, 0.1) is 10.7 Å². The van der Waals surface area contributed by atoms with Gasteiger partial charge >= 0.3 is 0 Å². The number of nitrogens with one attached hydrogen (secondary N) is 1. The molecule has 0 aliphatic carbocycles. The number of aryl methyl sites for hydroxylation is 1. The number of hydrogen-bond acceptors (Lipinski definition) is 1. The van der Waals surface area contributed by atoms with Crippen LogP contribution in [0.15, 0.2) is 42.5 Å². The monoisotopic (exact) mass is 235 g/mol. The summed E-state index contributed by atoms with van der Waals surface area (Å²) in [6, 6.07) is 12.4. The van der Waals surface area contributed by atoms with E-state index in [0.717, 1.165) is 5.69 Å². The number of halogens is 2. The van der Waals surface area contributed by atoms with E-state index in [1.165, 1.54) is 6.07 Å². The van der Waals surface area contributed by atoms with Crippen LogP contribution in [0.2, 0.25) is 5.02 Å². The fourth-order valence-electron chi connectivity index (χ4n) is 1.39. The van der Waals surface area contributed by atoms with Crippen molar-refractivity contribution in [2.24, 2.45) is 0 Å². The van der Waals surface area contributed by atoms with Crippen molar-refractivity contribution in [3.05, 3.63) is 58.9 Å². The molecule has 0 aromatic heterocycles. The molecule has 0 amide bonds. The Bertz CT molecular complexity index is 511. The van der Waals surface area contributed by atoms with Crippen molar-refractivity contribution >= 4 is 23.0 Å². The van der Waals surface area contributed by atoms with E-state index in [4.69, 9.17) is 11.6 Å². The lowest BCUT2D eigenvalue weighted by molar-refractivity contribution is 0.619. The zero-order chi connectivity index (χ0) is 11.5. The van der Waals surface area contributed by atoms with Gasteiger partial charge in [0.25, 0.3) is 0 Å². The predicted molar refractivity (Wildman–Crippen MR) is 65.9 cm³/mol. The van der Waals surface area contributed by atoms with Crippen molar-refractivity contribution < 1.29 is 4.39 Å². The third-order valence-electron chi connectivity index (χ3n) is 2.32. The first-order valence-electron chi connectivity index (χ1n) is 4.94. The summed E-state index contributed by atoms with van der Waals surface area (Å²) < 4.78 is 13.3. The Kier molecular flexibility index (Phi) is 3.11. The van der Waals surface area contributed by atoms with Crippen LogP contribution in [0.4, 0.5) is 15.8 Å². The third-order valence-corrected chi connectivity index (χ3v) is 2.65. The minimum atomic E-state index is -0.225. The summed E-state index contributed by atoms with van der Waals surface area (Å²) in [6.45, 7) is 1.73. The lowest BCUT2D eigenvalue weighted by Crippen LogP contribution is -1.92. The lowest BCUT2D eigenvalue weighted by Gasteiger charge is -2.08. The van der Waals surface area contributed by atoms with E-state index in [-0.39, 0.29) is 5.82 Å². The highest BCUT2D eigenvalue weighted by Gasteiger charge is 2.02. The lowest BCUT2D eigenvalue weighted by atomic mass is 10.2. The Labute approximate surface area is 98.9 Å². The largest absolute Gasteiger partial charge is 0.354 e. The molecule has 1 nitrogen and oxygen atoms in total. The fraction of sp³-hybridized carbons (Fsp3) is 0.0769. The zero-order valence-corrected chi connectivity index (χ0v) is 9.55. The van der Waals surface area contributed by atoms with Crippen LogP contribution in [0.3, 0.4) is 0 Å². The van der Waals surface area contributed by atoms with Crippen LogP contribution in [0.5, 0.6) is 0 Å². The van der Waals surface area contributed by atoms with E-state index >= 15 is 0 Å². The first kappa shape index (κ1) is 11.0. The third kappa shape index (κ3) is 2.34. The van der Waals surface area contributed by atoms with Gasteiger partial charge in [-0.15, -0.1) is 0 Å². The highest BCUT2D eigenvalue weighted by atomic mass is 35.5. The van der Waals surface area contributed by atoms with Crippen LogP contribution in [0, 0.1) is 12.7 Å². The van der Waals surface area contributed by atoms with E-state index < -0.39 is 0 Å². The molecule has 0 spiro atoms. The average Bonchev–Trinajstić information content (AvgIpc) is 2.27. The van der Waals surface area contributed by atoms with Crippen molar-refractivity contribution in [2.45, 2.75) is 6.92 Å². The number of hydrogen-bond donors (Lipinski definition) is 1. The second-order valence-electron chi connectivity index (χ2n) is 3.57. The van der Waals surface area contributed by atoms with Gasteiger partial charge in [-0.2, -0.15) is 0 Å². The molecule has 0 aliphatic heterocycles. The predicted octanol–water partition coefficient (Wildman–Crippen LogP) is 4.53. The van der Waals surface area contributed by atoms with Crippen molar-refractivity contribution in [2.75, 3.05) is 5.32 Å². The van der Waals surface area contributed by atoms with Gasteiger partial charge in [0.15, 0.2) is 0 Å². The second kappa shape index (κ2) is 4.54. The molecule has 0 radical (unpaired) electrons. The molecule has 0 saturated carbocycles. The molecule has 2 aromatic rings. The maximum atomic E-state index is 13.3. The summed E-state index contributed by atoms with van der Waals surface area (Å²) in [4.78, 5) is 0. The maximum absolute atomic E-state index is 13.3. The molecule has 0 saturated heterocycles. The molecule has 0 unspecified atom stereocenters. The van der Waals surface area contributed by atoms with Crippen LogP contribution in [-0.4, -0.2) is 0 Å². The second-order valence-corrected chi connectivity index (χ2v) is 3.98. The zero-order valence-electron chi connectivity index (χ0n) is 8.80. The summed E-state index contributed by atoms with van der Waals surface area (Å²) in [6.07, 6.45) is 0. The number of rotatable bonds is 2. The van der Waals surface area contributed by atoms with Crippen molar-refractivity contribution in [1.82, 2.24) is 0 Å². The van der Waals surface area contributed by atoms with E-state index in [9.17, 15) is 4.39 Å². The Hall–Kier alpha value is -1.54. The Morgan fingerprint density at radius 1 is 1.12 bits per heavy atom. The van der Waals surface area contributed by atoms with Gasteiger partial charge in [0.2, 0.25) is 0 Å². The van der Waals surface area contributed by atoms with Gasteiger partial charge in [-0.3, -0.25) is 0 Å². The molecule has 82 valence electrons. The van der Waals surface area contributed by atoms with Gasteiger partial charge in [-0.1, -0.05) is 29.8 Å². The molecule has 16 heavy (non-hydrogen) atoms. The molecule has 0 fully saturated rings. The van der Waals surface area contributed by atoms with E-state index in [1.807, 2.05) is 24.3 Å². The summed E-state index contributed by atoms with van der Waals surface area (Å²) in [5, 5.41) is 3.68. The Balaban J connectivity index is 2.28. The molecule has 2 aromatic carbocycles. The van der Waals surface area contributed by atoms with Gasteiger partial charge in [-0.25, -0.2) is 4.39 Å². The Morgan fingerprint density at radius 2 is 1.88 bits per heavy atom. The molecule has 3 heteroatoms. The molecule has 0 aliphatic rings. The fourth-order valence-corrected chi connectivity index (χ4v) is 1.57. The van der Waals surface area contributed by atoms with Crippen LogP contribution in [-0.2, 0) is 0 Å². The topological polar surface area (TPSA) is 12.0 Å². The molecule has 2 rings (SSSR count). The highest BCUT2D eigenvalue weighted by molar-refractivity contribution is 6.33. The Morgan fingerprint density at radius 3 is 2.56 bits per heavy atom. The molecule has 0 atom stereocenters. The summed E-state index contributed by atoms with van der Waals surface area (Å²) >= 11 is 5.99. The molecule has 0 bridgehead atoms. The minimum Gasteiger partial charge on any atom is -0.354 e. The average molecular weight is 236 g/mol. The summed E-state index contributed by atoms with van der Waals surface area (Å²) in [5.41, 5.74) is 2.09. The summed E-state index contributed by atoms with van der Waals surface area (Å²) in [5.74, 6) is -0.225. The molecule has 0 heterocycles. The number of para-hydroxylation sites is 1. The molecular formula is C13H11ClFN. The first-order chi connectivity index (χ1) is 7.66. The van der Waals surface area contributed by atoms with E-state index in [2.05, 4.69) is 5.32 Å². The standard InChI is InChI=1S/C13H11ClFN/c1-9-6-7-10(8-12(9)15)16-13-5-3-2-4-11(13)14/h2-8,16H,1H3. The van der Waals surface area contributed by atoms with Gasteiger partial charge in [-0.05, 0) is 36.8 Å². The number of anilines is 2. The van der Waals surface area contributed by atoms with E-state index in [1.54, 1.807) is 19.1 Å². The van der Waals surface area contributed by atoms with Gasteiger partial charge in [0, 0.05) is 5.69 Å². The van der Waals surface area contributed by atoms with Crippen molar-refractivity contribution in [3.63, 3.8) is 0 Å². The smallest absolute Gasteiger partial charge is 0.128 e. The van der Waals surface area contributed by atoms with Crippen LogP contribution < -0.4 is 5.32 Å². The van der Waals surface area contributed by atoms with Gasteiger partial charge in [0.1, 0.15) is 5.82 Å². The molecular weight excluding hydrogens is 225 g/mol. The summed E-state index contributed by atoms with van der Waals surface area (Å²) in [7, 11) is 0. The minimum absolute atomic E-state index is 0.225. The highest BCUT2D eigenvalue weighted by Crippen LogP contribution is 2.25.